The van der Waals surface area contributed by atoms with Crippen molar-refractivity contribution in [2.45, 2.75) is 19.9 Å². The normalized spacial score (nSPS) is 11.9. The molecule has 0 unspecified atom stereocenters. The van der Waals surface area contributed by atoms with Gasteiger partial charge >= 0.3 is 0 Å². The number of hydrogen-bond acceptors (Lipinski definition) is 6. The largest absolute Gasteiger partial charge is 0.495 e. The van der Waals surface area contributed by atoms with Crippen LogP contribution in [0, 0.1) is 6.92 Å². The van der Waals surface area contributed by atoms with Gasteiger partial charge in [0.25, 0.3) is 5.56 Å². The maximum absolute atomic E-state index is 12.8. The first-order valence-electron chi connectivity index (χ1n) is 8.40. The minimum absolute atomic E-state index is 0.0241. The summed E-state index contributed by atoms with van der Waals surface area (Å²) in [6.07, 6.45) is 0. The highest BCUT2D eigenvalue weighted by atomic mass is 35.5. The number of nitrogen functional groups attached to an aromatic ring is 1. The number of methoxy groups -OCH3 is 1. The van der Waals surface area contributed by atoms with Crippen LogP contribution >= 0.6 is 22.9 Å². The van der Waals surface area contributed by atoms with Crippen molar-refractivity contribution in [3.8, 4) is 16.3 Å². The third-order valence-electron chi connectivity index (χ3n) is 4.12. The van der Waals surface area contributed by atoms with E-state index in [1.165, 1.54) is 24.5 Å². The van der Waals surface area contributed by atoms with Gasteiger partial charge in [0.2, 0.25) is 5.91 Å². The number of aryl methyl sites for hydroxylation is 1. The number of halogens is 1. The number of rotatable bonds is 5. The fourth-order valence-corrected chi connectivity index (χ4v) is 3.61. The molecule has 28 heavy (non-hydrogen) atoms. The number of carbonyl (C=O) groups excluding carboxylic acids is 1. The summed E-state index contributed by atoms with van der Waals surface area (Å²) in [5, 5.41) is 7.52. The number of anilines is 2. The average molecular weight is 419 g/mol. The van der Waals surface area contributed by atoms with Gasteiger partial charge in [-0.25, -0.2) is 4.68 Å². The van der Waals surface area contributed by atoms with Gasteiger partial charge in [-0.15, -0.1) is 11.3 Å². The SMILES string of the molecule is COc1ccc(Cl)cc1NC(=O)[C@@H](C)n1nc(-c2ccc(C)s2)cc(N)c1=O. The molecule has 0 radical (unpaired) electrons. The lowest BCUT2D eigenvalue weighted by Gasteiger charge is -2.17. The van der Waals surface area contributed by atoms with Gasteiger partial charge in [0.1, 0.15) is 23.2 Å². The number of thiophene rings is 1. The molecule has 7 nitrogen and oxygen atoms in total. The Balaban J connectivity index is 1.94. The molecule has 2 heterocycles. The summed E-state index contributed by atoms with van der Waals surface area (Å²) in [5.41, 5.74) is 6.32. The third-order valence-corrected chi connectivity index (χ3v) is 5.38. The van der Waals surface area contributed by atoms with E-state index >= 15 is 0 Å². The second-order valence-electron chi connectivity index (χ2n) is 6.15. The van der Waals surface area contributed by atoms with Crippen molar-refractivity contribution in [1.29, 1.82) is 0 Å². The van der Waals surface area contributed by atoms with E-state index in [1.54, 1.807) is 25.1 Å². The number of nitrogens with zero attached hydrogens (tertiary/aromatic N) is 2. The number of nitrogens with two attached hydrogens (primary N) is 1. The Labute approximate surface area is 170 Å². The van der Waals surface area contributed by atoms with E-state index in [1.807, 2.05) is 19.1 Å². The van der Waals surface area contributed by atoms with Crippen molar-refractivity contribution < 1.29 is 9.53 Å². The van der Waals surface area contributed by atoms with Crippen molar-refractivity contribution in [3.63, 3.8) is 0 Å². The van der Waals surface area contributed by atoms with Gasteiger partial charge in [0.15, 0.2) is 0 Å². The van der Waals surface area contributed by atoms with Crippen molar-refractivity contribution in [2.24, 2.45) is 0 Å². The molecule has 0 spiro atoms. The van der Waals surface area contributed by atoms with Crippen molar-refractivity contribution in [3.05, 3.63) is 56.7 Å². The predicted molar refractivity (Wildman–Crippen MR) is 112 cm³/mol. The lowest BCUT2D eigenvalue weighted by molar-refractivity contribution is -0.119. The molecule has 1 atom stereocenters. The summed E-state index contributed by atoms with van der Waals surface area (Å²) in [6.45, 7) is 3.55. The van der Waals surface area contributed by atoms with Crippen LogP contribution in [-0.4, -0.2) is 22.8 Å². The molecule has 0 aliphatic carbocycles. The fourth-order valence-electron chi connectivity index (χ4n) is 2.61. The highest BCUT2D eigenvalue weighted by Gasteiger charge is 2.21. The molecule has 9 heteroatoms. The molecule has 0 saturated heterocycles. The highest BCUT2D eigenvalue weighted by Crippen LogP contribution is 2.29. The van der Waals surface area contributed by atoms with E-state index in [0.717, 1.165) is 14.4 Å². The van der Waals surface area contributed by atoms with Gasteiger partial charge in [-0.2, -0.15) is 5.10 Å². The molecule has 2 aromatic heterocycles. The molecular formula is C19H19ClN4O3S. The maximum atomic E-state index is 12.8. The van der Waals surface area contributed by atoms with Gasteiger partial charge < -0.3 is 15.8 Å². The van der Waals surface area contributed by atoms with E-state index in [4.69, 9.17) is 22.1 Å². The fraction of sp³-hybridized carbons (Fsp3) is 0.211. The smallest absolute Gasteiger partial charge is 0.290 e. The predicted octanol–water partition coefficient (Wildman–Crippen LogP) is 3.72. The quantitative estimate of drug-likeness (QED) is 0.657. The third kappa shape index (κ3) is 4.02. The molecule has 1 amide bonds. The summed E-state index contributed by atoms with van der Waals surface area (Å²) in [7, 11) is 1.49. The van der Waals surface area contributed by atoms with Crippen LogP contribution in [0.1, 0.15) is 17.8 Å². The number of nitrogens with one attached hydrogen (secondary N) is 1. The molecule has 146 valence electrons. The number of aromatic nitrogens is 2. The van der Waals surface area contributed by atoms with Gasteiger partial charge in [0.05, 0.1) is 17.7 Å². The summed E-state index contributed by atoms with van der Waals surface area (Å²) in [5.74, 6) is 0.00154. The molecule has 0 aliphatic rings. The Morgan fingerprint density at radius 3 is 2.71 bits per heavy atom. The number of hydrogen-bond donors (Lipinski definition) is 2. The van der Waals surface area contributed by atoms with Gasteiger partial charge in [-0.3, -0.25) is 9.59 Å². The molecule has 3 aromatic rings. The van der Waals surface area contributed by atoms with E-state index in [-0.39, 0.29) is 5.69 Å². The second kappa shape index (κ2) is 8.04. The Hall–Kier alpha value is -2.84. The summed E-state index contributed by atoms with van der Waals surface area (Å²) < 4.78 is 6.32. The highest BCUT2D eigenvalue weighted by molar-refractivity contribution is 7.15. The van der Waals surface area contributed by atoms with Gasteiger partial charge in [0, 0.05) is 9.90 Å². The molecule has 3 N–H and O–H groups in total. The van der Waals surface area contributed by atoms with Crippen LogP contribution in [0.2, 0.25) is 5.02 Å². The molecule has 0 bridgehead atoms. The van der Waals surface area contributed by atoms with Crippen LogP contribution in [0.25, 0.3) is 10.6 Å². The van der Waals surface area contributed by atoms with E-state index in [2.05, 4.69) is 10.4 Å². The first kappa shape index (κ1) is 19.9. The molecule has 3 rings (SSSR count). The molecular weight excluding hydrogens is 400 g/mol. The van der Waals surface area contributed by atoms with Crippen LogP contribution in [0.5, 0.6) is 5.75 Å². The Morgan fingerprint density at radius 2 is 2.07 bits per heavy atom. The molecule has 0 saturated carbocycles. The minimum atomic E-state index is -0.903. The van der Waals surface area contributed by atoms with Gasteiger partial charge in [-0.05, 0) is 50.2 Å². The van der Waals surface area contributed by atoms with E-state index in [0.29, 0.717) is 22.2 Å². The van der Waals surface area contributed by atoms with Crippen LogP contribution in [0.3, 0.4) is 0 Å². The van der Waals surface area contributed by atoms with Gasteiger partial charge in [-0.1, -0.05) is 11.6 Å². The number of carbonyl (C=O) groups is 1. The van der Waals surface area contributed by atoms with Crippen molar-refractivity contribution in [1.82, 2.24) is 9.78 Å². The summed E-state index contributed by atoms with van der Waals surface area (Å²) in [6, 6.07) is 9.34. The summed E-state index contributed by atoms with van der Waals surface area (Å²) >= 11 is 7.53. The number of amides is 1. The zero-order valence-corrected chi connectivity index (χ0v) is 17.1. The summed E-state index contributed by atoms with van der Waals surface area (Å²) in [4.78, 5) is 27.2. The molecule has 0 fully saturated rings. The van der Waals surface area contributed by atoms with Crippen molar-refractivity contribution in [2.75, 3.05) is 18.2 Å². The Bertz CT molecular complexity index is 1090. The lowest BCUT2D eigenvalue weighted by Crippen LogP contribution is -2.34. The minimum Gasteiger partial charge on any atom is -0.495 e. The number of benzene rings is 1. The van der Waals surface area contributed by atoms with Crippen LogP contribution in [-0.2, 0) is 4.79 Å². The van der Waals surface area contributed by atoms with Crippen molar-refractivity contribution >= 4 is 40.2 Å². The number of ether oxygens (including phenoxy) is 1. The first-order chi connectivity index (χ1) is 13.3. The molecule has 1 aromatic carbocycles. The standard InChI is InChI=1S/C19H19ClN4O3S/c1-10-4-7-17(28-10)15-9-13(21)19(26)24(23-15)11(2)18(25)22-14-8-12(20)5-6-16(14)27-3/h4-9,11H,21H2,1-3H3,(H,22,25)/t11-/m1/s1. The van der Waals surface area contributed by atoms with E-state index < -0.39 is 17.5 Å². The Kier molecular flexibility index (Phi) is 5.71. The zero-order chi connectivity index (χ0) is 20.4. The second-order valence-corrected chi connectivity index (χ2v) is 7.88. The monoisotopic (exact) mass is 418 g/mol. The Morgan fingerprint density at radius 1 is 1.32 bits per heavy atom. The van der Waals surface area contributed by atoms with E-state index in [9.17, 15) is 9.59 Å². The van der Waals surface area contributed by atoms with Crippen LogP contribution in [0.15, 0.2) is 41.2 Å². The maximum Gasteiger partial charge on any atom is 0.290 e. The zero-order valence-electron chi connectivity index (χ0n) is 15.5. The lowest BCUT2D eigenvalue weighted by atomic mass is 10.2. The topological polar surface area (TPSA) is 99.2 Å². The average Bonchev–Trinajstić information content (AvgIpc) is 3.10. The first-order valence-corrected chi connectivity index (χ1v) is 9.60. The van der Waals surface area contributed by atoms with Crippen LogP contribution < -0.4 is 21.3 Å². The van der Waals surface area contributed by atoms with Crippen LogP contribution in [0.4, 0.5) is 11.4 Å². The molecule has 0 aliphatic heterocycles.